The highest BCUT2D eigenvalue weighted by Gasteiger charge is 2.47. The zero-order valence-electron chi connectivity index (χ0n) is 16.0. The molecule has 3 fully saturated rings. The zero-order valence-corrected chi connectivity index (χ0v) is 16.0. The summed E-state index contributed by atoms with van der Waals surface area (Å²) < 4.78 is 27.0. The lowest BCUT2D eigenvalue weighted by molar-refractivity contribution is -0.231. The molecule has 3 rings (SSSR count). The highest BCUT2D eigenvalue weighted by Crippen LogP contribution is 2.40. The first-order valence-corrected chi connectivity index (χ1v) is 9.55. The van der Waals surface area contributed by atoms with E-state index in [9.17, 15) is 4.79 Å². The summed E-state index contributed by atoms with van der Waals surface area (Å²) in [7, 11) is 0. The van der Waals surface area contributed by atoms with Crippen LogP contribution in [0.1, 0.15) is 46.0 Å². The highest BCUT2D eigenvalue weighted by molar-refractivity contribution is 5.81. The summed E-state index contributed by atoms with van der Waals surface area (Å²) in [5.74, 6) is -0.378. The molecule has 0 aromatic rings. The SMILES string of the molecule is C=CC(=O)OCC1CO1.CC=COCC1(C2CCCCC2)OCC(C)O1. The predicted octanol–water partition coefficient (Wildman–Crippen LogP) is 3.36. The topological polar surface area (TPSA) is 66.5 Å². The molecule has 0 aromatic carbocycles. The Kier molecular flexibility index (Phi) is 8.62. The van der Waals surface area contributed by atoms with Gasteiger partial charge in [0.15, 0.2) is 0 Å². The minimum Gasteiger partial charge on any atom is -0.496 e. The Balaban J connectivity index is 0.000000228. The molecule has 0 radical (unpaired) electrons. The van der Waals surface area contributed by atoms with Crippen molar-refractivity contribution >= 4 is 5.97 Å². The number of ether oxygens (including phenoxy) is 5. The van der Waals surface area contributed by atoms with Gasteiger partial charge in [0, 0.05) is 12.0 Å². The molecular formula is C20H32O6. The fourth-order valence-corrected chi connectivity index (χ4v) is 3.28. The standard InChI is InChI=1S/C14H24O3.C6H8O3/c1-3-9-15-11-14(16-10-12(2)17-14)13-7-5-4-6-8-13;1-2-6(7)9-4-5-3-8-5/h3,9,12-13H,4-8,10-11H2,1-2H3;2,5H,1,3-4H2. The summed E-state index contributed by atoms with van der Waals surface area (Å²) in [4.78, 5) is 10.3. The van der Waals surface area contributed by atoms with Crippen molar-refractivity contribution in [2.45, 2.75) is 63.9 Å². The van der Waals surface area contributed by atoms with E-state index in [-0.39, 0.29) is 18.2 Å². The van der Waals surface area contributed by atoms with E-state index in [0.29, 0.717) is 32.3 Å². The first-order valence-electron chi connectivity index (χ1n) is 9.55. The first-order chi connectivity index (χ1) is 12.6. The average molecular weight is 368 g/mol. The smallest absolute Gasteiger partial charge is 0.330 e. The Labute approximate surface area is 156 Å². The molecule has 2 saturated heterocycles. The van der Waals surface area contributed by atoms with Crippen molar-refractivity contribution < 1.29 is 28.5 Å². The molecule has 2 heterocycles. The van der Waals surface area contributed by atoms with Crippen molar-refractivity contribution in [2.75, 3.05) is 26.4 Å². The van der Waals surface area contributed by atoms with Crippen LogP contribution in [0.3, 0.4) is 0 Å². The first kappa shape index (κ1) is 20.9. The summed E-state index contributed by atoms with van der Waals surface area (Å²) in [5.41, 5.74) is 0. The molecule has 3 atom stereocenters. The number of carbonyl (C=O) groups excluding carboxylic acids is 1. The van der Waals surface area contributed by atoms with E-state index in [2.05, 4.69) is 18.2 Å². The second-order valence-corrected chi connectivity index (χ2v) is 6.96. The van der Waals surface area contributed by atoms with Crippen molar-refractivity contribution in [1.82, 2.24) is 0 Å². The second kappa shape index (κ2) is 10.7. The van der Waals surface area contributed by atoms with Gasteiger partial charge in [-0.05, 0) is 26.7 Å². The highest BCUT2D eigenvalue weighted by atomic mass is 16.8. The normalized spacial score (nSPS) is 31.2. The van der Waals surface area contributed by atoms with Gasteiger partial charge in [-0.15, -0.1) is 0 Å². The summed E-state index contributed by atoms with van der Waals surface area (Å²) in [6, 6.07) is 0. The minimum atomic E-state index is -0.487. The quantitative estimate of drug-likeness (QED) is 0.297. The second-order valence-electron chi connectivity index (χ2n) is 6.96. The van der Waals surface area contributed by atoms with E-state index < -0.39 is 5.79 Å². The van der Waals surface area contributed by atoms with Gasteiger partial charge >= 0.3 is 5.97 Å². The van der Waals surface area contributed by atoms with Crippen LogP contribution in [-0.4, -0.2) is 50.4 Å². The van der Waals surface area contributed by atoms with Crippen LogP contribution in [-0.2, 0) is 28.5 Å². The van der Waals surface area contributed by atoms with Gasteiger partial charge in [-0.25, -0.2) is 4.79 Å². The number of carbonyl (C=O) groups is 1. The van der Waals surface area contributed by atoms with Crippen LogP contribution >= 0.6 is 0 Å². The van der Waals surface area contributed by atoms with Crippen molar-refractivity contribution in [2.24, 2.45) is 5.92 Å². The molecule has 3 unspecified atom stereocenters. The van der Waals surface area contributed by atoms with E-state index in [1.165, 1.54) is 32.1 Å². The molecule has 148 valence electrons. The van der Waals surface area contributed by atoms with Crippen molar-refractivity contribution in [3.63, 3.8) is 0 Å². The van der Waals surface area contributed by atoms with Crippen LogP contribution < -0.4 is 0 Å². The average Bonchev–Trinajstić information content (AvgIpc) is 3.43. The van der Waals surface area contributed by atoms with Gasteiger partial charge in [-0.2, -0.15) is 0 Å². The fraction of sp³-hybridized carbons (Fsp3) is 0.750. The van der Waals surface area contributed by atoms with E-state index >= 15 is 0 Å². The molecule has 0 bridgehead atoms. The van der Waals surface area contributed by atoms with Crippen LogP contribution in [0, 0.1) is 5.92 Å². The van der Waals surface area contributed by atoms with Crippen LogP contribution in [0.25, 0.3) is 0 Å². The molecule has 1 saturated carbocycles. The van der Waals surface area contributed by atoms with Crippen molar-refractivity contribution in [3.8, 4) is 0 Å². The monoisotopic (exact) mass is 368 g/mol. The number of epoxide rings is 1. The van der Waals surface area contributed by atoms with Crippen molar-refractivity contribution in [3.05, 3.63) is 25.0 Å². The van der Waals surface area contributed by atoms with Gasteiger partial charge in [0.1, 0.15) is 19.3 Å². The lowest BCUT2D eigenvalue weighted by Gasteiger charge is -2.37. The van der Waals surface area contributed by atoms with E-state index in [1.54, 1.807) is 6.26 Å². The molecule has 0 amide bonds. The van der Waals surface area contributed by atoms with Crippen molar-refractivity contribution in [1.29, 1.82) is 0 Å². The number of allylic oxidation sites excluding steroid dienone is 1. The summed E-state index contributed by atoms with van der Waals surface area (Å²) in [6.45, 7) is 9.55. The van der Waals surface area contributed by atoms with Crippen LogP contribution in [0.5, 0.6) is 0 Å². The number of hydrogen-bond acceptors (Lipinski definition) is 6. The third kappa shape index (κ3) is 6.74. The Morgan fingerprint density at radius 2 is 2.00 bits per heavy atom. The Hall–Kier alpha value is -1.37. The fourth-order valence-electron chi connectivity index (χ4n) is 3.28. The molecule has 0 spiro atoms. The third-order valence-electron chi connectivity index (χ3n) is 4.69. The lowest BCUT2D eigenvalue weighted by atomic mass is 9.83. The van der Waals surface area contributed by atoms with Gasteiger partial charge < -0.3 is 23.7 Å². The van der Waals surface area contributed by atoms with Gasteiger partial charge in [0.25, 0.3) is 0 Å². The molecule has 3 aliphatic rings. The number of rotatable bonds is 7. The largest absolute Gasteiger partial charge is 0.496 e. The molecule has 0 aromatic heterocycles. The molecule has 0 N–H and O–H groups in total. The van der Waals surface area contributed by atoms with Crippen LogP contribution in [0.2, 0.25) is 0 Å². The van der Waals surface area contributed by atoms with Gasteiger partial charge in [0.05, 0.1) is 25.6 Å². The van der Waals surface area contributed by atoms with Crippen LogP contribution in [0.15, 0.2) is 25.0 Å². The maximum atomic E-state index is 10.3. The molecule has 26 heavy (non-hydrogen) atoms. The lowest BCUT2D eigenvalue weighted by Crippen LogP contribution is -2.44. The maximum absolute atomic E-state index is 10.3. The molecule has 1 aliphatic carbocycles. The predicted molar refractivity (Wildman–Crippen MR) is 97.5 cm³/mol. The van der Waals surface area contributed by atoms with Gasteiger partial charge in [-0.1, -0.05) is 31.9 Å². The Bertz CT molecular complexity index is 467. The molecule has 6 nitrogen and oxygen atoms in total. The van der Waals surface area contributed by atoms with Crippen LogP contribution in [0.4, 0.5) is 0 Å². The molecule has 2 aliphatic heterocycles. The summed E-state index contributed by atoms with van der Waals surface area (Å²) in [6.07, 6.45) is 11.4. The third-order valence-corrected chi connectivity index (χ3v) is 4.69. The van der Waals surface area contributed by atoms with Gasteiger partial charge in [-0.3, -0.25) is 0 Å². The zero-order chi connectivity index (χ0) is 18.8. The molecular weight excluding hydrogens is 336 g/mol. The van der Waals surface area contributed by atoms with E-state index in [1.807, 2.05) is 13.0 Å². The van der Waals surface area contributed by atoms with Gasteiger partial charge in [0.2, 0.25) is 5.79 Å². The van der Waals surface area contributed by atoms with E-state index in [0.717, 1.165) is 6.08 Å². The van der Waals surface area contributed by atoms with E-state index in [4.69, 9.17) is 18.9 Å². The Morgan fingerprint density at radius 3 is 2.54 bits per heavy atom. The maximum Gasteiger partial charge on any atom is 0.330 e. The summed E-state index contributed by atoms with van der Waals surface area (Å²) in [5, 5.41) is 0. The Morgan fingerprint density at radius 1 is 1.27 bits per heavy atom. The number of esters is 1. The number of hydrogen-bond donors (Lipinski definition) is 0. The molecule has 6 heteroatoms. The minimum absolute atomic E-state index is 0.147. The summed E-state index contributed by atoms with van der Waals surface area (Å²) >= 11 is 0.